The van der Waals surface area contributed by atoms with Crippen molar-refractivity contribution in [3.63, 3.8) is 0 Å². The first-order chi connectivity index (χ1) is 13.1. The zero-order valence-corrected chi connectivity index (χ0v) is 14.6. The van der Waals surface area contributed by atoms with Crippen molar-refractivity contribution in [2.45, 2.75) is 0 Å². The normalized spacial score (nSPS) is 10.1. The molecule has 0 aliphatic rings. The SMILES string of the molecule is COc1cc2ccccc2cc1C(=O)OCC(=O)Nc1cccc(C#N)c1. The number of rotatable bonds is 5. The molecule has 1 N–H and O–H groups in total. The number of methoxy groups -OCH3 is 1. The van der Waals surface area contributed by atoms with E-state index in [-0.39, 0.29) is 5.56 Å². The van der Waals surface area contributed by atoms with Gasteiger partial charge in [0.05, 0.1) is 18.7 Å². The number of ether oxygens (including phenoxy) is 2. The average molecular weight is 360 g/mol. The fraction of sp³-hybridized carbons (Fsp3) is 0.0952. The zero-order valence-electron chi connectivity index (χ0n) is 14.6. The van der Waals surface area contributed by atoms with Gasteiger partial charge < -0.3 is 14.8 Å². The van der Waals surface area contributed by atoms with Gasteiger partial charge in [-0.2, -0.15) is 5.26 Å². The van der Waals surface area contributed by atoms with Crippen LogP contribution in [0.4, 0.5) is 5.69 Å². The van der Waals surface area contributed by atoms with Crippen molar-refractivity contribution in [1.82, 2.24) is 0 Å². The lowest BCUT2D eigenvalue weighted by Crippen LogP contribution is -2.21. The van der Waals surface area contributed by atoms with Gasteiger partial charge in [0.2, 0.25) is 0 Å². The number of nitriles is 1. The molecule has 3 aromatic rings. The Hall–Kier alpha value is -3.85. The van der Waals surface area contributed by atoms with E-state index in [2.05, 4.69) is 5.32 Å². The van der Waals surface area contributed by atoms with Crippen molar-refractivity contribution >= 4 is 28.3 Å². The van der Waals surface area contributed by atoms with Gasteiger partial charge in [-0.25, -0.2) is 4.79 Å². The van der Waals surface area contributed by atoms with Gasteiger partial charge >= 0.3 is 5.97 Å². The van der Waals surface area contributed by atoms with E-state index in [1.165, 1.54) is 13.2 Å². The number of nitrogens with one attached hydrogen (secondary N) is 1. The molecular weight excluding hydrogens is 344 g/mol. The van der Waals surface area contributed by atoms with Crippen LogP contribution in [0.3, 0.4) is 0 Å². The summed E-state index contributed by atoms with van der Waals surface area (Å²) in [6.07, 6.45) is 0. The molecule has 134 valence electrons. The van der Waals surface area contributed by atoms with Crippen LogP contribution in [0.15, 0.2) is 60.7 Å². The van der Waals surface area contributed by atoms with E-state index in [9.17, 15) is 9.59 Å². The maximum absolute atomic E-state index is 12.4. The second-order valence-electron chi connectivity index (χ2n) is 5.72. The largest absolute Gasteiger partial charge is 0.496 e. The van der Waals surface area contributed by atoms with Gasteiger partial charge in [-0.05, 0) is 41.1 Å². The fourth-order valence-electron chi connectivity index (χ4n) is 2.62. The highest BCUT2D eigenvalue weighted by atomic mass is 16.5. The molecule has 0 saturated heterocycles. The lowest BCUT2D eigenvalue weighted by atomic mass is 10.1. The molecule has 6 nitrogen and oxygen atoms in total. The minimum Gasteiger partial charge on any atom is -0.496 e. The molecule has 6 heteroatoms. The van der Waals surface area contributed by atoms with E-state index >= 15 is 0 Å². The third-order valence-corrected chi connectivity index (χ3v) is 3.90. The minimum atomic E-state index is -0.654. The summed E-state index contributed by atoms with van der Waals surface area (Å²) in [7, 11) is 1.47. The summed E-state index contributed by atoms with van der Waals surface area (Å²) in [5, 5.41) is 13.3. The second-order valence-corrected chi connectivity index (χ2v) is 5.72. The van der Waals surface area contributed by atoms with Crippen LogP contribution in [0.5, 0.6) is 5.75 Å². The van der Waals surface area contributed by atoms with Crippen molar-refractivity contribution in [3.05, 3.63) is 71.8 Å². The van der Waals surface area contributed by atoms with E-state index in [0.717, 1.165) is 10.8 Å². The average Bonchev–Trinajstić information content (AvgIpc) is 2.71. The Labute approximate surface area is 155 Å². The van der Waals surface area contributed by atoms with Gasteiger partial charge in [0, 0.05) is 5.69 Å². The predicted octanol–water partition coefficient (Wildman–Crippen LogP) is 3.52. The third-order valence-electron chi connectivity index (χ3n) is 3.90. The molecule has 0 bridgehead atoms. The maximum atomic E-state index is 12.4. The highest BCUT2D eigenvalue weighted by Crippen LogP contribution is 2.26. The minimum absolute atomic E-state index is 0.246. The zero-order chi connectivity index (χ0) is 19.2. The molecule has 3 rings (SSSR count). The fourth-order valence-corrected chi connectivity index (χ4v) is 2.62. The van der Waals surface area contributed by atoms with Crippen LogP contribution in [-0.2, 0) is 9.53 Å². The van der Waals surface area contributed by atoms with E-state index < -0.39 is 18.5 Å². The Balaban J connectivity index is 1.69. The second kappa shape index (κ2) is 8.02. The standard InChI is InChI=1S/C21H16N2O4/c1-26-19-11-16-7-3-2-6-15(16)10-18(19)21(25)27-13-20(24)23-17-8-4-5-14(9-17)12-22/h2-11H,13H2,1H3,(H,23,24). The Morgan fingerprint density at radius 2 is 1.78 bits per heavy atom. The molecule has 0 aromatic heterocycles. The number of nitrogens with zero attached hydrogens (tertiary/aromatic N) is 1. The summed E-state index contributed by atoms with van der Waals surface area (Å²) in [6, 6.07) is 19.4. The van der Waals surface area contributed by atoms with Crippen molar-refractivity contribution < 1.29 is 19.1 Å². The summed E-state index contributed by atoms with van der Waals surface area (Å²) in [4.78, 5) is 24.4. The summed E-state index contributed by atoms with van der Waals surface area (Å²) >= 11 is 0. The van der Waals surface area contributed by atoms with Crippen LogP contribution in [0, 0.1) is 11.3 Å². The molecule has 27 heavy (non-hydrogen) atoms. The van der Waals surface area contributed by atoms with Crippen LogP contribution >= 0.6 is 0 Å². The Morgan fingerprint density at radius 3 is 2.48 bits per heavy atom. The summed E-state index contributed by atoms with van der Waals surface area (Å²) in [6.45, 7) is -0.453. The third kappa shape index (κ3) is 4.22. The number of carbonyl (C=O) groups excluding carboxylic acids is 2. The monoisotopic (exact) mass is 360 g/mol. The van der Waals surface area contributed by atoms with Gasteiger partial charge in [-0.15, -0.1) is 0 Å². The van der Waals surface area contributed by atoms with Crippen LogP contribution in [-0.4, -0.2) is 25.6 Å². The molecule has 0 spiro atoms. The van der Waals surface area contributed by atoms with Crippen molar-refractivity contribution in [3.8, 4) is 11.8 Å². The van der Waals surface area contributed by atoms with Crippen LogP contribution in [0.1, 0.15) is 15.9 Å². The highest BCUT2D eigenvalue weighted by Gasteiger charge is 2.16. The van der Waals surface area contributed by atoms with Crippen LogP contribution in [0.25, 0.3) is 10.8 Å². The lowest BCUT2D eigenvalue weighted by molar-refractivity contribution is -0.119. The van der Waals surface area contributed by atoms with Crippen molar-refractivity contribution in [1.29, 1.82) is 5.26 Å². The molecule has 1 amide bonds. The molecule has 0 saturated carbocycles. The Bertz CT molecular complexity index is 1050. The molecule has 0 heterocycles. The molecule has 3 aromatic carbocycles. The van der Waals surface area contributed by atoms with E-state index in [0.29, 0.717) is 17.0 Å². The van der Waals surface area contributed by atoms with Crippen molar-refractivity contribution in [2.24, 2.45) is 0 Å². The number of amides is 1. The number of anilines is 1. The first-order valence-corrected chi connectivity index (χ1v) is 8.14. The number of esters is 1. The van der Waals surface area contributed by atoms with E-state index in [1.807, 2.05) is 30.3 Å². The van der Waals surface area contributed by atoms with Gasteiger partial charge in [-0.3, -0.25) is 4.79 Å². The molecule has 0 fully saturated rings. The number of fused-ring (bicyclic) bond motifs is 1. The van der Waals surface area contributed by atoms with Gasteiger partial charge in [0.25, 0.3) is 5.91 Å². The number of carbonyl (C=O) groups is 2. The molecule has 0 radical (unpaired) electrons. The molecule has 0 aliphatic carbocycles. The summed E-state index contributed by atoms with van der Waals surface area (Å²) in [5.74, 6) is -0.780. The Kier molecular flexibility index (Phi) is 5.33. The van der Waals surface area contributed by atoms with Gasteiger partial charge in [-0.1, -0.05) is 30.3 Å². The summed E-state index contributed by atoms with van der Waals surface area (Å²) in [5.41, 5.74) is 1.12. The van der Waals surface area contributed by atoms with E-state index in [4.69, 9.17) is 14.7 Å². The molecule has 0 aliphatic heterocycles. The highest BCUT2D eigenvalue weighted by molar-refractivity contribution is 6.00. The Morgan fingerprint density at radius 1 is 1.04 bits per heavy atom. The molecule has 0 atom stereocenters. The lowest BCUT2D eigenvalue weighted by Gasteiger charge is -2.11. The quantitative estimate of drug-likeness (QED) is 0.703. The predicted molar refractivity (Wildman–Crippen MR) is 101 cm³/mol. The van der Waals surface area contributed by atoms with Crippen LogP contribution < -0.4 is 10.1 Å². The molecule has 0 unspecified atom stereocenters. The van der Waals surface area contributed by atoms with Gasteiger partial charge in [0.15, 0.2) is 6.61 Å². The topological polar surface area (TPSA) is 88.4 Å². The molecular formula is C21H16N2O4. The van der Waals surface area contributed by atoms with Crippen molar-refractivity contribution in [2.75, 3.05) is 19.0 Å². The first-order valence-electron chi connectivity index (χ1n) is 8.14. The first kappa shape index (κ1) is 18.0. The summed E-state index contributed by atoms with van der Waals surface area (Å²) < 4.78 is 10.4. The maximum Gasteiger partial charge on any atom is 0.342 e. The number of hydrogen-bond donors (Lipinski definition) is 1. The number of hydrogen-bond acceptors (Lipinski definition) is 5. The smallest absolute Gasteiger partial charge is 0.342 e. The van der Waals surface area contributed by atoms with Crippen LogP contribution in [0.2, 0.25) is 0 Å². The van der Waals surface area contributed by atoms with E-state index in [1.54, 1.807) is 30.3 Å². The number of benzene rings is 3. The van der Waals surface area contributed by atoms with Gasteiger partial charge in [0.1, 0.15) is 11.3 Å².